The topological polar surface area (TPSA) is 117 Å². The zero-order chi connectivity index (χ0) is 20.4. The SMILES string of the molecule is COc1cc(Nc2nc3c(-c4ccc(C(N)=O)cc4)nccn3n2)cc(OC)c1. The molecule has 0 saturated carbocycles. The largest absolute Gasteiger partial charge is 0.497 e. The number of aromatic nitrogens is 4. The van der Waals surface area contributed by atoms with Gasteiger partial charge in [-0.2, -0.15) is 4.98 Å². The summed E-state index contributed by atoms with van der Waals surface area (Å²) in [6.07, 6.45) is 3.35. The Morgan fingerprint density at radius 1 is 1.07 bits per heavy atom. The van der Waals surface area contributed by atoms with Gasteiger partial charge in [-0.25, -0.2) is 4.52 Å². The van der Waals surface area contributed by atoms with Gasteiger partial charge in [0.15, 0.2) is 5.65 Å². The van der Waals surface area contributed by atoms with E-state index in [1.807, 2.05) is 12.1 Å². The molecule has 0 aliphatic rings. The van der Waals surface area contributed by atoms with Crippen LogP contribution in [-0.2, 0) is 0 Å². The molecule has 0 fully saturated rings. The minimum atomic E-state index is -0.481. The van der Waals surface area contributed by atoms with Crippen molar-refractivity contribution in [2.45, 2.75) is 0 Å². The van der Waals surface area contributed by atoms with Gasteiger partial charge in [0.25, 0.3) is 0 Å². The summed E-state index contributed by atoms with van der Waals surface area (Å²) in [6.45, 7) is 0. The van der Waals surface area contributed by atoms with E-state index in [4.69, 9.17) is 15.2 Å². The molecule has 4 rings (SSSR count). The fourth-order valence-electron chi connectivity index (χ4n) is 2.88. The molecular weight excluding hydrogens is 372 g/mol. The van der Waals surface area contributed by atoms with E-state index >= 15 is 0 Å². The van der Waals surface area contributed by atoms with Crippen molar-refractivity contribution < 1.29 is 14.3 Å². The smallest absolute Gasteiger partial charge is 0.248 e. The Morgan fingerprint density at radius 2 is 1.76 bits per heavy atom. The average Bonchev–Trinajstić information content (AvgIpc) is 3.15. The third-order valence-corrected chi connectivity index (χ3v) is 4.31. The van der Waals surface area contributed by atoms with Crippen LogP contribution in [-0.4, -0.2) is 39.7 Å². The Hall–Kier alpha value is -4.14. The van der Waals surface area contributed by atoms with Crippen molar-refractivity contribution in [3.8, 4) is 22.8 Å². The van der Waals surface area contributed by atoms with Crippen LogP contribution in [0.1, 0.15) is 10.4 Å². The number of hydrogen-bond acceptors (Lipinski definition) is 7. The summed E-state index contributed by atoms with van der Waals surface area (Å²) < 4.78 is 12.2. The summed E-state index contributed by atoms with van der Waals surface area (Å²) in [6, 6.07) is 12.3. The van der Waals surface area contributed by atoms with Gasteiger partial charge in [0, 0.05) is 47.4 Å². The van der Waals surface area contributed by atoms with Crippen molar-refractivity contribution in [1.82, 2.24) is 19.6 Å². The molecule has 4 aromatic rings. The van der Waals surface area contributed by atoms with Crippen LogP contribution in [0.5, 0.6) is 11.5 Å². The number of methoxy groups -OCH3 is 2. The number of anilines is 2. The van der Waals surface area contributed by atoms with Crippen molar-refractivity contribution >= 4 is 23.2 Å². The molecule has 2 aromatic heterocycles. The van der Waals surface area contributed by atoms with E-state index < -0.39 is 5.91 Å². The van der Waals surface area contributed by atoms with Crippen molar-refractivity contribution in [3.63, 3.8) is 0 Å². The van der Waals surface area contributed by atoms with Crippen LogP contribution >= 0.6 is 0 Å². The first-order valence-corrected chi connectivity index (χ1v) is 8.69. The number of amides is 1. The highest BCUT2D eigenvalue weighted by atomic mass is 16.5. The third kappa shape index (κ3) is 3.65. The lowest BCUT2D eigenvalue weighted by atomic mass is 10.1. The van der Waals surface area contributed by atoms with Crippen LogP contribution in [0.3, 0.4) is 0 Å². The van der Waals surface area contributed by atoms with Crippen molar-refractivity contribution in [2.24, 2.45) is 5.73 Å². The Balaban J connectivity index is 1.70. The zero-order valence-electron chi connectivity index (χ0n) is 15.8. The van der Waals surface area contributed by atoms with E-state index in [-0.39, 0.29) is 0 Å². The molecule has 0 aliphatic heterocycles. The number of nitrogens with zero attached hydrogens (tertiary/aromatic N) is 4. The summed E-state index contributed by atoms with van der Waals surface area (Å²) in [4.78, 5) is 20.3. The highest BCUT2D eigenvalue weighted by Gasteiger charge is 2.13. The molecule has 9 heteroatoms. The number of carbonyl (C=O) groups excluding carboxylic acids is 1. The number of primary amides is 1. The molecule has 0 atom stereocenters. The lowest BCUT2D eigenvalue weighted by molar-refractivity contribution is 0.100. The van der Waals surface area contributed by atoms with Gasteiger partial charge in [-0.05, 0) is 12.1 Å². The zero-order valence-corrected chi connectivity index (χ0v) is 15.8. The summed E-state index contributed by atoms with van der Waals surface area (Å²) in [5.41, 5.74) is 8.44. The van der Waals surface area contributed by atoms with Crippen LogP contribution in [0, 0.1) is 0 Å². The van der Waals surface area contributed by atoms with E-state index in [0.717, 1.165) is 11.3 Å². The number of fused-ring (bicyclic) bond motifs is 1. The molecule has 0 radical (unpaired) electrons. The Morgan fingerprint density at radius 3 is 2.38 bits per heavy atom. The Labute approximate surface area is 166 Å². The van der Waals surface area contributed by atoms with E-state index in [0.29, 0.717) is 34.4 Å². The number of benzene rings is 2. The van der Waals surface area contributed by atoms with Gasteiger partial charge in [0.05, 0.1) is 14.2 Å². The molecule has 2 aromatic carbocycles. The maximum absolute atomic E-state index is 11.3. The standard InChI is InChI=1S/C20H18N6O3/c1-28-15-9-14(10-16(11-15)29-2)23-20-24-19-17(22-7-8-26(19)25-20)12-3-5-13(6-4-12)18(21)27/h3-11H,1-2H3,(H2,21,27)(H,23,25). The molecule has 1 amide bonds. The van der Waals surface area contributed by atoms with Gasteiger partial charge in [-0.15, -0.1) is 5.10 Å². The molecule has 29 heavy (non-hydrogen) atoms. The van der Waals surface area contributed by atoms with Crippen molar-refractivity contribution in [1.29, 1.82) is 0 Å². The molecule has 3 N–H and O–H groups in total. The fourth-order valence-corrected chi connectivity index (χ4v) is 2.88. The molecule has 0 unspecified atom stereocenters. The van der Waals surface area contributed by atoms with Crippen LogP contribution in [0.4, 0.5) is 11.6 Å². The first-order chi connectivity index (χ1) is 14.1. The number of ether oxygens (including phenoxy) is 2. The maximum Gasteiger partial charge on any atom is 0.248 e. The number of nitrogens with one attached hydrogen (secondary N) is 1. The molecule has 146 valence electrons. The second-order valence-corrected chi connectivity index (χ2v) is 6.15. The summed E-state index contributed by atoms with van der Waals surface area (Å²) >= 11 is 0. The third-order valence-electron chi connectivity index (χ3n) is 4.31. The number of hydrogen-bond donors (Lipinski definition) is 2. The van der Waals surface area contributed by atoms with Crippen molar-refractivity contribution in [3.05, 3.63) is 60.4 Å². The van der Waals surface area contributed by atoms with Crippen LogP contribution in [0.15, 0.2) is 54.9 Å². The summed E-state index contributed by atoms with van der Waals surface area (Å²) in [5, 5.41) is 7.60. The lowest BCUT2D eigenvalue weighted by Crippen LogP contribution is -2.10. The first-order valence-electron chi connectivity index (χ1n) is 8.69. The Kier molecular flexibility index (Phi) is 4.70. The van der Waals surface area contributed by atoms with E-state index in [1.54, 1.807) is 61.5 Å². The fraction of sp³-hybridized carbons (Fsp3) is 0.100. The minimum absolute atomic E-state index is 0.392. The second-order valence-electron chi connectivity index (χ2n) is 6.15. The maximum atomic E-state index is 11.3. The normalized spacial score (nSPS) is 10.7. The molecule has 0 spiro atoms. The highest BCUT2D eigenvalue weighted by Crippen LogP contribution is 2.28. The van der Waals surface area contributed by atoms with Gasteiger partial charge >= 0.3 is 0 Å². The number of nitrogens with two attached hydrogens (primary N) is 1. The van der Waals surface area contributed by atoms with Gasteiger partial charge in [0.2, 0.25) is 11.9 Å². The quantitative estimate of drug-likeness (QED) is 0.520. The van der Waals surface area contributed by atoms with Gasteiger partial charge in [-0.1, -0.05) is 12.1 Å². The highest BCUT2D eigenvalue weighted by molar-refractivity contribution is 5.93. The van der Waals surface area contributed by atoms with Crippen LogP contribution in [0.25, 0.3) is 16.9 Å². The van der Waals surface area contributed by atoms with Crippen LogP contribution < -0.4 is 20.5 Å². The predicted octanol–water partition coefficient (Wildman–Crippen LogP) is 2.65. The van der Waals surface area contributed by atoms with Crippen LogP contribution in [0.2, 0.25) is 0 Å². The average molecular weight is 390 g/mol. The van der Waals surface area contributed by atoms with Gasteiger partial charge in [0.1, 0.15) is 17.2 Å². The number of carbonyl (C=O) groups is 1. The van der Waals surface area contributed by atoms with Crippen molar-refractivity contribution in [2.75, 3.05) is 19.5 Å². The summed E-state index contributed by atoms with van der Waals surface area (Å²) in [5.74, 6) is 1.20. The molecule has 0 aliphatic carbocycles. The molecule has 0 bridgehead atoms. The second kappa shape index (κ2) is 7.47. The first kappa shape index (κ1) is 18.2. The molecule has 2 heterocycles. The van der Waals surface area contributed by atoms with E-state index in [1.165, 1.54) is 0 Å². The van der Waals surface area contributed by atoms with Gasteiger partial charge < -0.3 is 20.5 Å². The lowest BCUT2D eigenvalue weighted by Gasteiger charge is -2.08. The summed E-state index contributed by atoms with van der Waals surface area (Å²) in [7, 11) is 3.17. The minimum Gasteiger partial charge on any atom is -0.497 e. The molecular formula is C20H18N6O3. The van der Waals surface area contributed by atoms with E-state index in [2.05, 4.69) is 20.4 Å². The van der Waals surface area contributed by atoms with E-state index in [9.17, 15) is 4.79 Å². The molecule has 0 saturated heterocycles. The Bertz CT molecular complexity index is 1160. The molecule has 9 nitrogen and oxygen atoms in total. The monoisotopic (exact) mass is 390 g/mol. The number of rotatable bonds is 6. The van der Waals surface area contributed by atoms with Gasteiger partial charge in [-0.3, -0.25) is 9.78 Å². The predicted molar refractivity (Wildman–Crippen MR) is 108 cm³/mol.